The molecule has 0 amide bonds. The molecule has 1 N–H and O–H groups in total. The summed E-state index contributed by atoms with van der Waals surface area (Å²) in [6.45, 7) is 3.15. The number of pyridine rings is 1. The highest BCUT2D eigenvalue weighted by Gasteiger charge is 2.31. The molecule has 0 bridgehead atoms. The summed E-state index contributed by atoms with van der Waals surface area (Å²) < 4.78 is 38.3. The maximum absolute atomic E-state index is 12.8. The van der Waals surface area contributed by atoms with Gasteiger partial charge in [-0.05, 0) is 24.1 Å². The van der Waals surface area contributed by atoms with Crippen LogP contribution in [0.1, 0.15) is 24.4 Å². The number of para-hydroxylation sites is 1. The van der Waals surface area contributed by atoms with Gasteiger partial charge in [-0.1, -0.05) is 18.2 Å². The fourth-order valence-electron chi connectivity index (χ4n) is 3.24. The minimum Gasteiger partial charge on any atom is -0.314 e. The first-order chi connectivity index (χ1) is 11.0. The van der Waals surface area contributed by atoms with Crippen LogP contribution in [0.4, 0.5) is 13.2 Å². The molecule has 1 aliphatic heterocycles. The summed E-state index contributed by atoms with van der Waals surface area (Å²) in [5, 5.41) is 4.20. The average molecular weight is 396 g/mol. The number of piperazine rings is 1. The van der Waals surface area contributed by atoms with Gasteiger partial charge in [0.25, 0.3) is 0 Å². The average Bonchev–Trinajstić information content (AvgIpc) is 2.55. The first-order valence-corrected chi connectivity index (χ1v) is 7.90. The Balaban J connectivity index is 0.00000156. The lowest BCUT2D eigenvalue weighted by Gasteiger charge is -2.36. The van der Waals surface area contributed by atoms with Gasteiger partial charge in [0.2, 0.25) is 0 Å². The highest BCUT2D eigenvalue weighted by molar-refractivity contribution is 5.85. The van der Waals surface area contributed by atoms with Gasteiger partial charge in [-0.25, -0.2) is 0 Å². The Labute approximate surface area is 157 Å². The van der Waals surface area contributed by atoms with Crippen molar-refractivity contribution in [1.29, 1.82) is 0 Å². The molecular formula is C17H22Cl2F3N3. The van der Waals surface area contributed by atoms with Gasteiger partial charge < -0.3 is 5.32 Å². The zero-order valence-electron chi connectivity index (χ0n) is 13.6. The molecule has 8 heteroatoms. The summed E-state index contributed by atoms with van der Waals surface area (Å²) in [7, 11) is 0. The van der Waals surface area contributed by atoms with Gasteiger partial charge in [-0.3, -0.25) is 9.88 Å². The normalized spacial score (nSPS) is 16.8. The molecule has 0 spiro atoms. The van der Waals surface area contributed by atoms with Crippen LogP contribution in [-0.4, -0.2) is 42.2 Å². The van der Waals surface area contributed by atoms with Crippen LogP contribution in [0.3, 0.4) is 0 Å². The maximum Gasteiger partial charge on any atom is 0.389 e. The van der Waals surface area contributed by atoms with Crippen LogP contribution >= 0.6 is 24.8 Å². The van der Waals surface area contributed by atoms with Crippen molar-refractivity contribution in [2.45, 2.75) is 25.1 Å². The first kappa shape index (κ1) is 22.0. The smallest absolute Gasteiger partial charge is 0.314 e. The van der Waals surface area contributed by atoms with E-state index in [0.29, 0.717) is 0 Å². The van der Waals surface area contributed by atoms with Gasteiger partial charge in [-0.15, -0.1) is 24.8 Å². The number of hydrogen-bond acceptors (Lipinski definition) is 3. The lowest BCUT2D eigenvalue weighted by Crippen LogP contribution is -2.45. The maximum atomic E-state index is 12.8. The van der Waals surface area contributed by atoms with E-state index in [9.17, 15) is 13.2 Å². The minimum atomic E-state index is -4.13. The predicted molar refractivity (Wildman–Crippen MR) is 98.7 cm³/mol. The molecule has 0 saturated carbocycles. The van der Waals surface area contributed by atoms with E-state index in [-0.39, 0.29) is 37.3 Å². The number of hydrogen-bond donors (Lipinski definition) is 1. The molecule has 1 aromatic heterocycles. The third kappa shape index (κ3) is 5.71. The third-order valence-corrected chi connectivity index (χ3v) is 4.34. The van der Waals surface area contributed by atoms with Crippen molar-refractivity contribution in [1.82, 2.24) is 15.2 Å². The summed E-state index contributed by atoms with van der Waals surface area (Å²) in [5.41, 5.74) is 1.78. The predicted octanol–water partition coefficient (Wildman–Crippen LogP) is 4.37. The summed E-state index contributed by atoms with van der Waals surface area (Å²) >= 11 is 0. The molecule has 2 aromatic rings. The van der Waals surface area contributed by atoms with Gasteiger partial charge >= 0.3 is 6.18 Å². The Morgan fingerprint density at radius 1 is 1.08 bits per heavy atom. The molecule has 0 unspecified atom stereocenters. The number of aromatic nitrogens is 1. The van der Waals surface area contributed by atoms with E-state index in [1.165, 1.54) is 0 Å². The zero-order valence-corrected chi connectivity index (χ0v) is 15.3. The summed E-state index contributed by atoms with van der Waals surface area (Å²) in [5.74, 6) is 0. The molecular weight excluding hydrogens is 374 g/mol. The van der Waals surface area contributed by atoms with Crippen LogP contribution in [-0.2, 0) is 0 Å². The molecule has 2 heterocycles. The number of nitrogens with zero attached hydrogens (tertiary/aromatic N) is 2. The Morgan fingerprint density at radius 2 is 1.76 bits per heavy atom. The molecule has 1 saturated heterocycles. The monoisotopic (exact) mass is 395 g/mol. The molecule has 1 atom stereocenters. The van der Waals surface area contributed by atoms with Crippen molar-refractivity contribution in [3.63, 3.8) is 0 Å². The number of rotatable bonds is 4. The number of alkyl halides is 3. The zero-order chi connectivity index (χ0) is 16.3. The van der Waals surface area contributed by atoms with Gasteiger partial charge in [0.1, 0.15) is 0 Å². The topological polar surface area (TPSA) is 28.2 Å². The minimum absolute atomic E-state index is 0. The van der Waals surface area contributed by atoms with Crippen molar-refractivity contribution < 1.29 is 13.2 Å². The third-order valence-electron chi connectivity index (χ3n) is 4.34. The largest absolute Gasteiger partial charge is 0.389 e. The van der Waals surface area contributed by atoms with Gasteiger partial charge in [-0.2, -0.15) is 13.2 Å². The Hall–Kier alpha value is -1.08. The van der Waals surface area contributed by atoms with E-state index in [2.05, 4.69) is 15.2 Å². The van der Waals surface area contributed by atoms with Crippen LogP contribution in [0.25, 0.3) is 10.9 Å². The Kier molecular flexibility index (Phi) is 8.41. The lowest BCUT2D eigenvalue weighted by atomic mass is 9.96. The second-order valence-corrected chi connectivity index (χ2v) is 5.87. The molecule has 0 radical (unpaired) electrons. The fraction of sp³-hybridized carbons (Fsp3) is 0.471. The number of benzene rings is 1. The van der Waals surface area contributed by atoms with E-state index in [0.717, 1.165) is 42.6 Å². The van der Waals surface area contributed by atoms with E-state index < -0.39 is 12.6 Å². The SMILES string of the molecule is Cl.Cl.FC(F)(F)CC[C@@H](c1ccnc2ccccc12)N1CCNCC1. The van der Waals surface area contributed by atoms with E-state index in [1.54, 1.807) is 6.20 Å². The molecule has 1 aromatic carbocycles. The summed E-state index contributed by atoms with van der Waals surface area (Å²) in [6, 6.07) is 9.29. The van der Waals surface area contributed by atoms with E-state index in [4.69, 9.17) is 0 Å². The van der Waals surface area contributed by atoms with Gasteiger partial charge in [0.05, 0.1) is 5.52 Å². The lowest BCUT2D eigenvalue weighted by molar-refractivity contribution is -0.138. The van der Waals surface area contributed by atoms with Gasteiger partial charge in [0, 0.05) is 50.2 Å². The fourth-order valence-corrected chi connectivity index (χ4v) is 3.24. The number of nitrogens with one attached hydrogen (secondary N) is 1. The molecule has 3 rings (SSSR count). The Bertz CT molecular complexity index is 656. The first-order valence-electron chi connectivity index (χ1n) is 7.90. The number of halogens is 5. The highest BCUT2D eigenvalue weighted by Crippen LogP contribution is 2.34. The van der Waals surface area contributed by atoms with Crippen molar-refractivity contribution in [3.8, 4) is 0 Å². The van der Waals surface area contributed by atoms with E-state index >= 15 is 0 Å². The molecule has 1 aliphatic rings. The van der Waals surface area contributed by atoms with Crippen LogP contribution < -0.4 is 5.32 Å². The summed E-state index contributed by atoms with van der Waals surface area (Å²) in [6.07, 6.45) is -3.12. The van der Waals surface area contributed by atoms with Crippen molar-refractivity contribution >= 4 is 35.7 Å². The molecule has 3 nitrogen and oxygen atoms in total. The Morgan fingerprint density at radius 3 is 2.44 bits per heavy atom. The van der Waals surface area contributed by atoms with Crippen molar-refractivity contribution in [2.24, 2.45) is 0 Å². The van der Waals surface area contributed by atoms with Gasteiger partial charge in [0.15, 0.2) is 0 Å². The number of fused-ring (bicyclic) bond motifs is 1. The van der Waals surface area contributed by atoms with Crippen LogP contribution in [0, 0.1) is 0 Å². The van der Waals surface area contributed by atoms with E-state index in [1.807, 2.05) is 30.3 Å². The van der Waals surface area contributed by atoms with Crippen LogP contribution in [0.2, 0.25) is 0 Å². The second-order valence-electron chi connectivity index (χ2n) is 5.87. The summed E-state index contributed by atoms with van der Waals surface area (Å²) in [4.78, 5) is 6.48. The van der Waals surface area contributed by atoms with Crippen molar-refractivity contribution in [3.05, 3.63) is 42.1 Å². The van der Waals surface area contributed by atoms with Crippen LogP contribution in [0.5, 0.6) is 0 Å². The molecule has 25 heavy (non-hydrogen) atoms. The molecule has 1 fully saturated rings. The molecule has 140 valence electrons. The quantitative estimate of drug-likeness (QED) is 0.832. The standard InChI is InChI=1S/C17H20F3N3.2ClH/c18-17(19,20)7-5-16(23-11-9-21-10-12-23)14-6-8-22-15-4-2-1-3-13(14)15;;/h1-4,6,8,16,21H,5,7,9-12H2;2*1H/t16-;;/m0../s1. The second kappa shape index (κ2) is 9.57. The van der Waals surface area contributed by atoms with Crippen LogP contribution in [0.15, 0.2) is 36.5 Å². The molecule has 0 aliphatic carbocycles. The van der Waals surface area contributed by atoms with Crippen molar-refractivity contribution in [2.75, 3.05) is 26.2 Å². The highest BCUT2D eigenvalue weighted by atomic mass is 35.5.